The van der Waals surface area contributed by atoms with Crippen molar-refractivity contribution in [1.82, 2.24) is 0 Å². The molecular weight excluding hydrogens is 230 g/mol. The maximum atomic E-state index is 11.2. The summed E-state index contributed by atoms with van der Waals surface area (Å²) < 4.78 is 5.69. The summed E-state index contributed by atoms with van der Waals surface area (Å²) in [4.78, 5) is 12.5. The molecule has 1 rings (SSSR count). The molecule has 0 aliphatic rings. The number of hydrogen-bond acceptors (Lipinski definition) is 2. The van der Waals surface area contributed by atoms with Crippen LogP contribution in [0.2, 0.25) is 0 Å². The second-order valence-corrected chi connectivity index (χ2v) is 4.27. The van der Waals surface area contributed by atoms with Gasteiger partial charge in [-0.3, -0.25) is 4.90 Å². The van der Waals surface area contributed by atoms with Crippen LogP contribution < -0.4 is 9.64 Å². The van der Waals surface area contributed by atoms with E-state index in [1.165, 1.54) is 4.90 Å². The fourth-order valence-electron chi connectivity index (χ4n) is 1.60. The quantitative estimate of drug-likeness (QED) is 0.837. The third-order valence-corrected chi connectivity index (χ3v) is 2.72. The van der Waals surface area contributed by atoms with E-state index in [9.17, 15) is 4.79 Å². The van der Waals surface area contributed by atoms with Gasteiger partial charge < -0.3 is 9.84 Å². The van der Waals surface area contributed by atoms with Gasteiger partial charge in [-0.05, 0) is 31.9 Å². The minimum atomic E-state index is -0.933. The highest BCUT2D eigenvalue weighted by Crippen LogP contribution is 2.22. The minimum Gasteiger partial charge on any atom is -0.491 e. The van der Waals surface area contributed by atoms with Gasteiger partial charge in [0.1, 0.15) is 5.75 Å². The van der Waals surface area contributed by atoms with Gasteiger partial charge in [-0.25, -0.2) is 4.79 Å². The fourth-order valence-corrected chi connectivity index (χ4v) is 1.60. The number of hydrogen-bond donors (Lipinski definition) is 1. The van der Waals surface area contributed by atoms with Crippen LogP contribution in [-0.2, 0) is 0 Å². The number of carboxylic acid groups (broad SMARTS) is 1. The number of carbonyl (C=O) groups is 1. The number of ether oxygens (including phenoxy) is 1. The molecule has 0 aliphatic carbocycles. The summed E-state index contributed by atoms with van der Waals surface area (Å²) in [7, 11) is 0. The van der Waals surface area contributed by atoms with Crippen LogP contribution in [0.4, 0.5) is 10.5 Å². The second-order valence-electron chi connectivity index (χ2n) is 4.27. The number of benzene rings is 1. The Morgan fingerprint density at radius 1 is 1.44 bits per heavy atom. The van der Waals surface area contributed by atoms with E-state index in [-0.39, 0.29) is 6.10 Å². The monoisotopic (exact) mass is 251 g/mol. The van der Waals surface area contributed by atoms with Crippen LogP contribution in [0.15, 0.2) is 24.3 Å². The smallest absolute Gasteiger partial charge is 0.411 e. The van der Waals surface area contributed by atoms with Crippen molar-refractivity contribution in [1.29, 1.82) is 0 Å². The van der Waals surface area contributed by atoms with E-state index in [1.807, 2.05) is 26.0 Å². The van der Waals surface area contributed by atoms with Crippen LogP contribution in [0.5, 0.6) is 5.75 Å². The van der Waals surface area contributed by atoms with Gasteiger partial charge in [0.25, 0.3) is 0 Å². The van der Waals surface area contributed by atoms with Crippen molar-refractivity contribution >= 4 is 11.8 Å². The summed E-state index contributed by atoms with van der Waals surface area (Å²) >= 11 is 0. The van der Waals surface area contributed by atoms with Crippen LogP contribution >= 0.6 is 0 Å². The molecule has 0 spiro atoms. The van der Waals surface area contributed by atoms with E-state index in [2.05, 4.69) is 6.92 Å². The maximum absolute atomic E-state index is 11.2. The molecule has 1 N–H and O–H groups in total. The molecule has 0 saturated heterocycles. The number of amides is 1. The lowest BCUT2D eigenvalue weighted by molar-refractivity contribution is 0.201. The van der Waals surface area contributed by atoms with Crippen molar-refractivity contribution in [3.63, 3.8) is 0 Å². The van der Waals surface area contributed by atoms with Crippen molar-refractivity contribution in [2.24, 2.45) is 0 Å². The van der Waals surface area contributed by atoms with Crippen LogP contribution in [0.3, 0.4) is 0 Å². The lowest BCUT2D eigenvalue weighted by Gasteiger charge is -2.20. The van der Waals surface area contributed by atoms with Gasteiger partial charge in [-0.2, -0.15) is 0 Å². The van der Waals surface area contributed by atoms with Crippen LogP contribution in [0, 0.1) is 0 Å². The molecule has 1 aromatic carbocycles. The summed E-state index contributed by atoms with van der Waals surface area (Å²) in [6, 6.07) is 7.23. The Balaban J connectivity index is 2.88. The first-order chi connectivity index (χ1) is 8.58. The molecule has 0 aliphatic heterocycles. The molecule has 1 unspecified atom stereocenters. The minimum absolute atomic E-state index is 0.129. The highest BCUT2D eigenvalue weighted by molar-refractivity contribution is 5.86. The second kappa shape index (κ2) is 6.89. The van der Waals surface area contributed by atoms with E-state index in [0.29, 0.717) is 18.0 Å². The zero-order valence-electron chi connectivity index (χ0n) is 11.2. The fraction of sp³-hybridized carbons (Fsp3) is 0.500. The standard InChI is InChI=1S/C14H21NO3/c1-4-9-15(14(16)17)12-7-6-8-13(10-12)18-11(3)5-2/h6-8,10-11H,4-5,9H2,1-3H3,(H,16,17). The Morgan fingerprint density at radius 2 is 2.17 bits per heavy atom. The van der Waals surface area contributed by atoms with Crippen molar-refractivity contribution in [2.75, 3.05) is 11.4 Å². The van der Waals surface area contributed by atoms with Gasteiger partial charge >= 0.3 is 6.09 Å². The largest absolute Gasteiger partial charge is 0.491 e. The van der Waals surface area contributed by atoms with Crippen LogP contribution in [-0.4, -0.2) is 23.8 Å². The molecule has 0 radical (unpaired) electrons. The third-order valence-electron chi connectivity index (χ3n) is 2.72. The van der Waals surface area contributed by atoms with Gasteiger partial charge in [-0.1, -0.05) is 19.9 Å². The molecule has 0 aromatic heterocycles. The van der Waals surface area contributed by atoms with Crippen LogP contribution in [0.1, 0.15) is 33.6 Å². The molecule has 1 aromatic rings. The Bertz CT molecular complexity index is 392. The van der Waals surface area contributed by atoms with Gasteiger partial charge in [0.2, 0.25) is 0 Å². The molecule has 4 nitrogen and oxygen atoms in total. The van der Waals surface area contributed by atoms with E-state index in [0.717, 1.165) is 12.8 Å². The number of rotatable bonds is 6. The van der Waals surface area contributed by atoms with Crippen molar-refractivity contribution in [3.8, 4) is 5.75 Å². The average Bonchev–Trinajstić information content (AvgIpc) is 2.35. The Labute approximate surface area is 108 Å². The number of nitrogens with zero attached hydrogens (tertiary/aromatic N) is 1. The predicted octanol–water partition coefficient (Wildman–Crippen LogP) is 3.76. The van der Waals surface area contributed by atoms with E-state index in [1.54, 1.807) is 12.1 Å². The molecular formula is C14H21NO3. The van der Waals surface area contributed by atoms with E-state index in [4.69, 9.17) is 9.84 Å². The normalized spacial score (nSPS) is 11.9. The molecule has 4 heteroatoms. The Hall–Kier alpha value is -1.71. The summed E-state index contributed by atoms with van der Waals surface area (Å²) in [6.07, 6.45) is 0.896. The summed E-state index contributed by atoms with van der Waals surface area (Å²) in [6.45, 7) is 6.49. The highest BCUT2D eigenvalue weighted by atomic mass is 16.5. The molecule has 0 bridgehead atoms. The van der Waals surface area contributed by atoms with Gasteiger partial charge in [0, 0.05) is 12.6 Å². The first kappa shape index (κ1) is 14.4. The zero-order chi connectivity index (χ0) is 13.5. The lowest BCUT2D eigenvalue weighted by Crippen LogP contribution is -2.29. The molecule has 100 valence electrons. The molecule has 1 amide bonds. The van der Waals surface area contributed by atoms with E-state index < -0.39 is 6.09 Å². The van der Waals surface area contributed by atoms with Crippen molar-refractivity contribution in [3.05, 3.63) is 24.3 Å². The van der Waals surface area contributed by atoms with Crippen molar-refractivity contribution in [2.45, 2.75) is 39.7 Å². The zero-order valence-corrected chi connectivity index (χ0v) is 11.2. The topological polar surface area (TPSA) is 49.8 Å². The molecule has 18 heavy (non-hydrogen) atoms. The van der Waals surface area contributed by atoms with Crippen molar-refractivity contribution < 1.29 is 14.6 Å². The van der Waals surface area contributed by atoms with Gasteiger partial charge in [-0.15, -0.1) is 0 Å². The first-order valence-corrected chi connectivity index (χ1v) is 6.35. The molecule has 0 heterocycles. The highest BCUT2D eigenvalue weighted by Gasteiger charge is 2.13. The molecule has 1 atom stereocenters. The van der Waals surface area contributed by atoms with Gasteiger partial charge in [0.05, 0.1) is 11.8 Å². The Morgan fingerprint density at radius 3 is 2.72 bits per heavy atom. The maximum Gasteiger partial charge on any atom is 0.411 e. The summed E-state index contributed by atoms with van der Waals surface area (Å²) in [5.41, 5.74) is 0.658. The average molecular weight is 251 g/mol. The van der Waals surface area contributed by atoms with Gasteiger partial charge in [0.15, 0.2) is 0 Å². The molecule has 0 fully saturated rings. The van der Waals surface area contributed by atoms with Crippen LogP contribution in [0.25, 0.3) is 0 Å². The first-order valence-electron chi connectivity index (χ1n) is 6.35. The van der Waals surface area contributed by atoms with E-state index >= 15 is 0 Å². The SMILES string of the molecule is CCCN(C(=O)O)c1cccc(OC(C)CC)c1. The Kier molecular flexibility index (Phi) is 5.49. The summed E-state index contributed by atoms with van der Waals surface area (Å²) in [5.74, 6) is 0.712. The summed E-state index contributed by atoms with van der Waals surface area (Å²) in [5, 5.41) is 9.16. The third kappa shape index (κ3) is 3.95. The number of anilines is 1. The predicted molar refractivity (Wildman–Crippen MR) is 72.5 cm³/mol. The lowest BCUT2D eigenvalue weighted by atomic mass is 10.2. The molecule has 0 saturated carbocycles.